The van der Waals surface area contributed by atoms with Crippen LogP contribution in [0.15, 0.2) is 77.1 Å². The van der Waals surface area contributed by atoms with Gasteiger partial charge in [-0.05, 0) is 49.4 Å². The Morgan fingerprint density at radius 2 is 1.77 bits per heavy atom. The number of ketones is 1. The van der Waals surface area contributed by atoms with Crippen molar-refractivity contribution in [3.63, 3.8) is 0 Å². The SMILES string of the molecule is CCOC(=O)C1=C(C)NC2=C(C(=O)C[C@@H](c3ccccc3)C2)[C@@H]1c1ccc(Cl)cc1. The molecular formula is C25H24ClNO3. The first-order valence-electron chi connectivity index (χ1n) is 10.2. The van der Waals surface area contributed by atoms with E-state index >= 15 is 0 Å². The van der Waals surface area contributed by atoms with E-state index in [1.807, 2.05) is 37.3 Å². The van der Waals surface area contributed by atoms with Gasteiger partial charge >= 0.3 is 5.97 Å². The van der Waals surface area contributed by atoms with E-state index in [0.717, 1.165) is 28.9 Å². The van der Waals surface area contributed by atoms with E-state index in [1.165, 1.54) is 0 Å². The number of dihydropyridines is 1. The second kappa shape index (κ2) is 8.49. The van der Waals surface area contributed by atoms with Crippen LogP contribution in [0.2, 0.25) is 5.02 Å². The van der Waals surface area contributed by atoms with E-state index in [9.17, 15) is 9.59 Å². The normalized spacial score (nSPS) is 21.2. The van der Waals surface area contributed by atoms with Gasteiger partial charge < -0.3 is 10.1 Å². The lowest BCUT2D eigenvalue weighted by atomic mass is 9.72. The van der Waals surface area contributed by atoms with Gasteiger partial charge in [0.15, 0.2) is 5.78 Å². The number of allylic oxidation sites excluding steroid dienone is 3. The molecule has 4 rings (SSSR count). The summed E-state index contributed by atoms with van der Waals surface area (Å²) in [4.78, 5) is 26.2. The molecule has 0 aromatic heterocycles. The fourth-order valence-electron chi connectivity index (χ4n) is 4.47. The van der Waals surface area contributed by atoms with Crippen molar-refractivity contribution >= 4 is 23.4 Å². The first kappa shape index (κ1) is 20.4. The Morgan fingerprint density at radius 3 is 2.43 bits per heavy atom. The molecule has 2 aliphatic rings. The van der Waals surface area contributed by atoms with E-state index in [0.29, 0.717) is 22.6 Å². The van der Waals surface area contributed by atoms with E-state index in [-0.39, 0.29) is 18.3 Å². The van der Waals surface area contributed by atoms with Crippen molar-refractivity contribution in [2.45, 2.75) is 38.5 Å². The third-order valence-electron chi connectivity index (χ3n) is 5.80. The second-order valence-corrected chi connectivity index (χ2v) is 8.14. The van der Waals surface area contributed by atoms with Crippen LogP contribution < -0.4 is 5.32 Å². The number of rotatable bonds is 4. The number of Topliss-reactive ketones (excluding diaryl/α,β-unsaturated/α-hetero) is 1. The van der Waals surface area contributed by atoms with Gasteiger partial charge in [0.05, 0.1) is 12.2 Å². The number of nitrogens with one attached hydrogen (secondary N) is 1. The molecule has 0 unspecified atom stereocenters. The van der Waals surface area contributed by atoms with Crippen LogP contribution in [0.3, 0.4) is 0 Å². The number of carbonyl (C=O) groups is 2. The van der Waals surface area contributed by atoms with E-state index in [2.05, 4.69) is 17.4 Å². The maximum Gasteiger partial charge on any atom is 0.336 e. The molecule has 154 valence electrons. The molecule has 0 spiro atoms. The fraction of sp³-hybridized carbons (Fsp3) is 0.280. The van der Waals surface area contributed by atoms with Crippen molar-refractivity contribution in [3.8, 4) is 0 Å². The summed E-state index contributed by atoms with van der Waals surface area (Å²) < 4.78 is 5.34. The summed E-state index contributed by atoms with van der Waals surface area (Å²) in [7, 11) is 0. The molecule has 0 radical (unpaired) electrons. The Balaban J connectivity index is 1.80. The fourth-order valence-corrected chi connectivity index (χ4v) is 4.59. The van der Waals surface area contributed by atoms with Gasteiger partial charge in [-0.2, -0.15) is 0 Å². The minimum Gasteiger partial charge on any atom is -0.463 e. The summed E-state index contributed by atoms with van der Waals surface area (Å²) in [6, 6.07) is 17.4. The monoisotopic (exact) mass is 421 g/mol. The Hall–Kier alpha value is -2.85. The lowest BCUT2D eigenvalue weighted by molar-refractivity contribution is -0.138. The first-order chi connectivity index (χ1) is 14.5. The molecule has 0 fully saturated rings. The number of ether oxygens (including phenoxy) is 1. The summed E-state index contributed by atoms with van der Waals surface area (Å²) in [5.74, 6) is -0.673. The molecule has 2 atom stereocenters. The summed E-state index contributed by atoms with van der Waals surface area (Å²) in [6.45, 7) is 3.93. The second-order valence-electron chi connectivity index (χ2n) is 7.70. The highest BCUT2D eigenvalue weighted by Crippen LogP contribution is 2.45. The highest BCUT2D eigenvalue weighted by molar-refractivity contribution is 6.30. The molecular weight excluding hydrogens is 398 g/mol. The maximum atomic E-state index is 13.4. The van der Waals surface area contributed by atoms with Crippen molar-refractivity contribution in [1.82, 2.24) is 5.32 Å². The molecule has 30 heavy (non-hydrogen) atoms. The van der Waals surface area contributed by atoms with E-state index < -0.39 is 11.9 Å². The topological polar surface area (TPSA) is 55.4 Å². The van der Waals surface area contributed by atoms with Crippen LogP contribution in [0, 0.1) is 0 Å². The number of carbonyl (C=O) groups excluding carboxylic acids is 2. The Kier molecular flexibility index (Phi) is 5.78. The van der Waals surface area contributed by atoms with Gasteiger partial charge in [-0.25, -0.2) is 4.79 Å². The largest absolute Gasteiger partial charge is 0.463 e. The Labute approximate surface area is 181 Å². The van der Waals surface area contributed by atoms with Crippen LogP contribution >= 0.6 is 11.6 Å². The predicted octanol–water partition coefficient (Wildman–Crippen LogP) is 5.26. The minimum atomic E-state index is -0.457. The lowest BCUT2D eigenvalue weighted by Crippen LogP contribution is -2.36. The summed E-state index contributed by atoms with van der Waals surface area (Å²) in [5.41, 5.74) is 4.80. The molecule has 1 heterocycles. The number of hydrogen-bond acceptors (Lipinski definition) is 4. The van der Waals surface area contributed by atoms with Gasteiger partial charge in [0.25, 0.3) is 0 Å². The standard InChI is InChI=1S/C25H24ClNO3/c1-3-30-25(29)22-15(2)27-20-13-18(16-7-5-4-6-8-16)14-21(28)24(20)23(22)17-9-11-19(26)12-10-17/h4-12,18,23,27H,3,13-14H2,1-2H3/t18-,23+/m0/s1. The van der Waals surface area contributed by atoms with E-state index in [1.54, 1.807) is 19.1 Å². The molecule has 0 amide bonds. The molecule has 5 heteroatoms. The molecule has 4 nitrogen and oxygen atoms in total. The quantitative estimate of drug-likeness (QED) is 0.683. The number of hydrogen-bond donors (Lipinski definition) is 1. The zero-order valence-electron chi connectivity index (χ0n) is 17.1. The van der Waals surface area contributed by atoms with Crippen molar-refractivity contribution < 1.29 is 14.3 Å². The first-order valence-corrected chi connectivity index (χ1v) is 10.6. The average molecular weight is 422 g/mol. The predicted molar refractivity (Wildman–Crippen MR) is 117 cm³/mol. The van der Waals surface area contributed by atoms with Crippen LogP contribution in [0.1, 0.15) is 49.7 Å². The highest BCUT2D eigenvalue weighted by Gasteiger charge is 2.41. The molecule has 2 aromatic carbocycles. The number of benzene rings is 2. The van der Waals surface area contributed by atoms with E-state index in [4.69, 9.17) is 16.3 Å². The maximum absolute atomic E-state index is 13.4. The molecule has 1 aliphatic heterocycles. The van der Waals surface area contributed by atoms with Crippen LogP contribution in [0.4, 0.5) is 0 Å². The van der Waals surface area contributed by atoms with Crippen molar-refractivity contribution in [3.05, 3.63) is 93.3 Å². The number of esters is 1. The third-order valence-corrected chi connectivity index (χ3v) is 6.05. The molecule has 2 aromatic rings. The van der Waals surface area contributed by atoms with Crippen LogP contribution in [0.5, 0.6) is 0 Å². The van der Waals surface area contributed by atoms with Crippen molar-refractivity contribution in [1.29, 1.82) is 0 Å². The summed E-state index contributed by atoms with van der Waals surface area (Å²) >= 11 is 6.09. The smallest absolute Gasteiger partial charge is 0.336 e. The van der Waals surface area contributed by atoms with Gasteiger partial charge in [0.2, 0.25) is 0 Å². The Bertz CT molecular complexity index is 1040. The van der Waals surface area contributed by atoms with Crippen LogP contribution in [-0.4, -0.2) is 18.4 Å². The van der Waals surface area contributed by atoms with Gasteiger partial charge in [0, 0.05) is 34.3 Å². The van der Waals surface area contributed by atoms with Crippen LogP contribution in [0.25, 0.3) is 0 Å². The molecule has 0 saturated carbocycles. The average Bonchev–Trinajstić information content (AvgIpc) is 2.74. The van der Waals surface area contributed by atoms with Gasteiger partial charge in [0.1, 0.15) is 0 Å². The van der Waals surface area contributed by atoms with Crippen molar-refractivity contribution in [2.24, 2.45) is 0 Å². The van der Waals surface area contributed by atoms with Crippen LogP contribution in [-0.2, 0) is 14.3 Å². The minimum absolute atomic E-state index is 0.0619. The Morgan fingerprint density at radius 1 is 1.07 bits per heavy atom. The molecule has 0 bridgehead atoms. The van der Waals surface area contributed by atoms with Gasteiger partial charge in [-0.3, -0.25) is 4.79 Å². The summed E-state index contributed by atoms with van der Waals surface area (Å²) in [5, 5.41) is 3.97. The van der Waals surface area contributed by atoms with Gasteiger partial charge in [-0.15, -0.1) is 0 Å². The molecule has 0 saturated heterocycles. The van der Waals surface area contributed by atoms with Crippen molar-refractivity contribution in [2.75, 3.05) is 6.61 Å². The summed E-state index contributed by atoms with van der Waals surface area (Å²) in [6.07, 6.45) is 1.15. The zero-order valence-corrected chi connectivity index (χ0v) is 17.8. The third kappa shape index (κ3) is 3.80. The number of halogens is 1. The molecule has 1 aliphatic carbocycles. The van der Waals surface area contributed by atoms with Gasteiger partial charge in [-0.1, -0.05) is 54.1 Å². The lowest BCUT2D eigenvalue weighted by Gasteiger charge is -2.36. The zero-order chi connectivity index (χ0) is 21.3. The highest BCUT2D eigenvalue weighted by atomic mass is 35.5. The molecule has 1 N–H and O–H groups in total.